The Kier molecular flexibility index (Phi) is 3.29. The third kappa shape index (κ3) is 2.68. The largest absolute Gasteiger partial charge is 0.330 e. The van der Waals surface area contributed by atoms with Gasteiger partial charge in [-0.2, -0.15) is 5.10 Å². The molecule has 0 aliphatic carbocycles. The lowest BCUT2D eigenvalue weighted by atomic mass is 10.0. The summed E-state index contributed by atoms with van der Waals surface area (Å²) in [5.41, 5.74) is 0.356. The average molecular weight is 207 g/mol. The molecule has 4 heteroatoms. The molecule has 0 atom stereocenters. The molecule has 0 aliphatic rings. The number of aromatic nitrogens is 2. The summed E-state index contributed by atoms with van der Waals surface area (Å²) in [7, 11) is 0. The second kappa shape index (κ2) is 4.29. The van der Waals surface area contributed by atoms with E-state index in [1.54, 1.807) is 17.2 Å². The van der Waals surface area contributed by atoms with Crippen molar-refractivity contribution in [1.82, 2.24) is 15.1 Å². The van der Waals surface area contributed by atoms with Crippen molar-refractivity contribution in [3.8, 4) is 0 Å². The third-order valence-corrected chi connectivity index (χ3v) is 2.11. The van der Waals surface area contributed by atoms with Crippen molar-refractivity contribution in [3.05, 3.63) is 30.6 Å². The van der Waals surface area contributed by atoms with Crippen LogP contribution in [0.2, 0.25) is 0 Å². The molecule has 0 saturated heterocycles. The molecule has 0 aromatic carbocycles. The van der Waals surface area contributed by atoms with Gasteiger partial charge in [-0.1, -0.05) is 6.08 Å². The van der Waals surface area contributed by atoms with E-state index in [4.69, 9.17) is 0 Å². The summed E-state index contributed by atoms with van der Waals surface area (Å²) >= 11 is 0. The van der Waals surface area contributed by atoms with Crippen molar-refractivity contribution >= 4 is 5.91 Å². The third-order valence-electron chi connectivity index (χ3n) is 2.11. The van der Waals surface area contributed by atoms with Gasteiger partial charge in [-0.3, -0.25) is 9.89 Å². The van der Waals surface area contributed by atoms with Crippen molar-refractivity contribution in [2.45, 2.75) is 26.3 Å². The predicted molar refractivity (Wildman–Crippen MR) is 59.6 cm³/mol. The molecule has 1 N–H and O–H groups in total. The molecular formula is C11H17N3O. The number of carbonyl (C=O) groups excluding carboxylic acids is 1. The normalized spacial score (nSPS) is 11.1. The minimum Gasteiger partial charge on any atom is -0.330 e. The number of amides is 1. The van der Waals surface area contributed by atoms with Crippen LogP contribution in [0.4, 0.5) is 0 Å². The van der Waals surface area contributed by atoms with Crippen LogP contribution in [-0.4, -0.2) is 33.1 Å². The maximum absolute atomic E-state index is 12.1. The van der Waals surface area contributed by atoms with Gasteiger partial charge in [0.1, 0.15) is 0 Å². The second-order valence-corrected chi connectivity index (χ2v) is 4.36. The Morgan fingerprint density at radius 2 is 2.33 bits per heavy atom. The Labute approximate surface area is 90.0 Å². The van der Waals surface area contributed by atoms with Crippen LogP contribution in [-0.2, 0) is 0 Å². The van der Waals surface area contributed by atoms with E-state index in [0.717, 1.165) is 0 Å². The lowest BCUT2D eigenvalue weighted by Crippen LogP contribution is -2.45. The number of hydrogen-bond acceptors (Lipinski definition) is 2. The van der Waals surface area contributed by atoms with Crippen molar-refractivity contribution < 1.29 is 4.79 Å². The van der Waals surface area contributed by atoms with E-state index < -0.39 is 0 Å². The Balaban J connectivity index is 2.91. The minimum atomic E-state index is -0.220. The molecule has 1 aromatic rings. The van der Waals surface area contributed by atoms with Gasteiger partial charge in [0, 0.05) is 18.3 Å². The molecule has 4 nitrogen and oxygen atoms in total. The number of carbonyl (C=O) groups is 1. The minimum absolute atomic E-state index is 0.0313. The van der Waals surface area contributed by atoms with E-state index in [9.17, 15) is 4.79 Å². The van der Waals surface area contributed by atoms with Crippen LogP contribution >= 0.6 is 0 Å². The number of nitrogens with zero attached hydrogens (tertiary/aromatic N) is 2. The monoisotopic (exact) mass is 207 g/mol. The van der Waals surface area contributed by atoms with Crippen LogP contribution in [0.15, 0.2) is 25.0 Å². The molecule has 1 amide bonds. The second-order valence-electron chi connectivity index (χ2n) is 4.36. The highest BCUT2D eigenvalue weighted by atomic mass is 16.2. The highest BCUT2D eigenvalue weighted by Gasteiger charge is 2.26. The maximum Gasteiger partial charge on any atom is 0.257 e. The van der Waals surface area contributed by atoms with Gasteiger partial charge in [0.15, 0.2) is 0 Å². The van der Waals surface area contributed by atoms with Crippen LogP contribution in [0.1, 0.15) is 31.1 Å². The summed E-state index contributed by atoms with van der Waals surface area (Å²) < 4.78 is 0. The number of nitrogens with one attached hydrogen (secondary N) is 1. The quantitative estimate of drug-likeness (QED) is 0.769. The fourth-order valence-electron chi connectivity index (χ4n) is 1.31. The van der Waals surface area contributed by atoms with Crippen LogP contribution in [0.5, 0.6) is 0 Å². The number of aromatic amines is 1. The van der Waals surface area contributed by atoms with Gasteiger partial charge in [0.05, 0.1) is 11.8 Å². The highest BCUT2D eigenvalue weighted by Crippen LogP contribution is 2.16. The lowest BCUT2D eigenvalue weighted by molar-refractivity contribution is 0.0616. The molecule has 0 aliphatic heterocycles. The molecule has 82 valence electrons. The molecule has 1 rings (SSSR count). The first-order chi connectivity index (χ1) is 6.96. The van der Waals surface area contributed by atoms with Crippen molar-refractivity contribution in [2.24, 2.45) is 0 Å². The number of H-pyrrole nitrogens is 1. The average Bonchev–Trinajstić information content (AvgIpc) is 2.63. The molecule has 0 bridgehead atoms. The van der Waals surface area contributed by atoms with E-state index in [2.05, 4.69) is 16.8 Å². The summed E-state index contributed by atoms with van der Waals surface area (Å²) in [6.07, 6.45) is 4.86. The first-order valence-corrected chi connectivity index (χ1v) is 4.88. The molecule has 1 heterocycles. The summed E-state index contributed by atoms with van der Waals surface area (Å²) in [6, 6.07) is 0. The zero-order valence-corrected chi connectivity index (χ0v) is 9.45. The Hall–Kier alpha value is -1.58. The van der Waals surface area contributed by atoms with Crippen LogP contribution in [0.3, 0.4) is 0 Å². The fraction of sp³-hybridized carbons (Fsp3) is 0.455. The zero-order valence-electron chi connectivity index (χ0n) is 9.45. The van der Waals surface area contributed by atoms with E-state index >= 15 is 0 Å². The van der Waals surface area contributed by atoms with Crippen molar-refractivity contribution in [3.63, 3.8) is 0 Å². The Bertz CT molecular complexity index is 335. The van der Waals surface area contributed by atoms with Gasteiger partial charge in [0.25, 0.3) is 5.91 Å². The zero-order chi connectivity index (χ0) is 11.5. The van der Waals surface area contributed by atoms with E-state index in [0.29, 0.717) is 12.1 Å². The Morgan fingerprint density at radius 1 is 1.67 bits per heavy atom. The topological polar surface area (TPSA) is 49.0 Å². The fourth-order valence-corrected chi connectivity index (χ4v) is 1.31. The summed E-state index contributed by atoms with van der Waals surface area (Å²) in [5, 5.41) is 6.41. The molecule has 15 heavy (non-hydrogen) atoms. The van der Waals surface area contributed by atoms with Crippen LogP contribution < -0.4 is 0 Å². The van der Waals surface area contributed by atoms with Gasteiger partial charge < -0.3 is 4.90 Å². The Morgan fingerprint density at radius 3 is 2.73 bits per heavy atom. The number of hydrogen-bond donors (Lipinski definition) is 1. The maximum atomic E-state index is 12.1. The smallest absolute Gasteiger partial charge is 0.257 e. The summed E-state index contributed by atoms with van der Waals surface area (Å²) in [5.74, 6) is -0.0313. The van der Waals surface area contributed by atoms with Crippen LogP contribution in [0, 0.1) is 0 Å². The van der Waals surface area contributed by atoms with E-state index in [1.165, 1.54) is 6.20 Å². The first kappa shape index (κ1) is 11.5. The molecule has 0 saturated carbocycles. The SMILES string of the molecule is C=CCN(C(=O)c1cn[nH]c1)C(C)(C)C. The van der Waals surface area contributed by atoms with Crippen LogP contribution in [0.25, 0.3) is 0 Å². The van der Waals surface area contributed by atoms with Gasteiger partial charge in [-0.25, -0.2) is 0 Å². The van der Waals surface area contributed by atoms with Crippen molar-refractivity contribution in [2.75, 3.05) is 6.54 Å². The van der Waals surface area contributed by atoms with E-state index in [-0.39, 0.29) is 11.4 Å². The van der Waals surface area contributed by atoms with Crippen molar-refractivity contribution in [1.29, 1.82) is 0 Å². The standard InChI is InChI=1S/C11H17N3O/c1-5-6-14(11(2,3)4)10(15)9-7-12-13-8-9/h5,7-8H,1,6H2,2-4H3,(H,12,13). The lowest BCUT2D eigenvalue weighted by Gasteiger charge is -2.34. The molecule has 1 aromatic heterocycles. The first-order valence-electron chi connectivity index (χ1n) is 4.88. The van der Waals surface area contributed by atoms with Gasteiger partial charge in [-0.05, 0) is 20.8 Å². The van der Waals surface area contributed by atoms with Gasteiger partial charge in [-0.15, -0.1) is 6.58 Å². The predicted octanol–water partition coefficient (Wildman–Crippen LogP) is 1.84. The number of rotatable bonds is 3. The molecule has 0 radical (unpaired) electrons. The molecule has 0 spiro atoms. The van der Waals surface area contributed by atoms with E-state index in [1.807, 2.05) is 20.8 Å². The summed E-state index contributed by atoms with van der Waals surface area (Å²) in [4.78, 5) is 13.8. The molecule has 0 unspecified atom stereocenters. The summed E-state index contributed by atoms with van der Waals surface area (Å²) in [6.45, 7) is 10.2. The molecule has 0 fully saturated rings. The molecular weight excluding hydrogens is 190 g/mol. The van der Waals surface area contributed by atoms with Gasteiger partial charge >= 0.3 is 0 Å². The highest BCUT2D eigenvalue weighted by molar-refractivity contribution is 5.94. The van der Waals surface area contributed by atoms with Gasteiger partial charge in [0.2, 0.25) is 0 Å².